The van der Waals surface area contributed by atoms with Crippen molar-refractivity contribution in [2.45, 2.75) is 12.5 Å². The highest BCUT2D eigenvalue weighted by molar-refractivity contribution is 7.59. The Morgan fingerprint density at radius 2 is 1.92 bits per heavy atom. The summed E-state index contributed by atoms with van der Waals surface area (Å²) >= 11 is 0. The Balaban J connectivity index is 0.00000144. The molecule has 0 saturated carbocycles. The largest absolute Gasteiger partial charge is 0.329 e. The van der Waals surface area contributed by atoms with E-state index in [1.165, 1.54) is 5.56 Å². The second-order valence-electron chi connectivity index (χ2n) is 2.91. The lowest BCUT2D eigenvalue weighted by atomic mass is 10.1. The van der Waals surface area contributed by atoms with Crippen LogP contribution < -0.4 is 11.1 Å². The molecule has 2 nitrogen and oxygen atoms in total. The van der Waals surface area contributed by atoms with E-state index in [0.29, 0.717) is 12.6 Å². The first-order valence-electron chi connectivity index (χ1n) is 4.28. The maximum Gasteiger partial charge on any atom is 0.0227 e. The van der Waals surface area contributed by atoms with Crippen LogP contribution in [0.4, 0.5) is 0 Å². The molecule has 0 heterocycles. The van der Waals surface area contributed by atoms with Crippen molar-refractivity contribution in [1.82, 2.24) is 5.32 Å². The molecule has 1 aromatic rings. The molecule has 74 valence electrons. The van der Waals surface area contributed by atoms with Gasteiger partial charge in [0.05, 0.1) is 0 Å². The monoisotopic (exact) mass is 198 g/mol. The number of likely N-dealkylation sites (N-methyl/N-ethyl adjacent to an activating group) is 1. The van der Waals surface area contributed by atoms with Crippen molar-refractivity contribution < 1.29 is 0 Å². The van der Waals surface area contributed by atoms with Crippen LogP contribution in [0.2, 0.25) is 0 Å². The Bertz CT molecular complexity index is 209. The third-order valence-electron chi connectivity index (χ3n) is 2.02. The van der Waals surface area contributed by atoms with E-state index in [1.54, 1.807) is 0 Å². The number of benzene rings is 1. The fraction of sp³-hybridized carbons (Fsp3) is 0.400. The minimum Gasteiger partial charge on any atom is -0.329 e. The topological polar surface area (TPSA) is 38.0 Å². The zero-order valence-corrected chi connectivity index (χ0v) is 8.96. The Kier molecular flexibility index (Phi) is 6.68. The number of hydrogen-bond donors (Lipinski definition) is 2. The molecule has 0 aromatic heterocycles. The van der Waals surface area contributed by atoms with E-state index in [1.807, 2.05) is 13.1 Å². The SMILES string of the molecule is CN[C@H](CN)Cc1ccccc1.S. The van der Waals surface area contributed by atoms with Crippen LogP contribution in [0.5, 0.6) is 0 Å². The first kappa shape index (κ1) is 12.5. The van der Waals surface area contributed by atoms with Gasteiger partial charge >= 0.3 is 0 Å². The van der Waals surface area contributed by atoms with Crippen molar-refractivity contribution in [3.63, 3.8) is 0 Å². The van der Waals surface area contributed by atoms with Crippen LogP contribution >= 0.6 is 13.5 Å². The Hall–Kier alpha value is -0.510. The molecule has 0 amide bonds. The van der Waals surface area contributed by atoms with Crippen molar-refractivity contribution in [2.24, 2.45) is 5.73 Å². The number of rotatable bonds is 4. The van der Waals surface area contributed by atoms with Crippen molar-refractivity contribution in [2.75, 3.05) is 13.6 Å². The Morgan fingerprint density at radius 3 is 2.38 bits per heavy atom. The average Bonchev–Trinajstić information content (AvgIpc) is 2.16. The summed E-state index contributed by atoms with van der Waals surface area (Å²) in [5, 5.41) is 3.18. The zero-order chi connectivity index (χ0) is 8.81. The van der Waals surface area contributed by atoms with Crippen molar-refractivity contribution >= 4 is 13.5 Å². The molecule has 1 rings (SSSR count). The van der Waals surface area contributed by atoms with Crippen molar-refractivity contribution in [3.05, 3.63) is 35.9 Å². The molecule has 0 unspecified atom stereocenters. The first-order valence-corrected chi connectivity index (χ1v) is 4.28. The summed E-state index contributed by atoms with van der Waals surface area (Å²) < 4.78 is 0. The molecule has 0 spiro atoms. The van der Waals surface area contributed by atoms with Gasteiger partial charge in [-0.15, -0.1) is 0 Å². The van der Waals surface area contributed by atoms with Crippen LogP contribution in [0.15, 0.2) is 30.3 Å². The third kappa shape index (κ3) is 4.31. The van der Waals surface area contributed by atoms with E-state index in [4.69, 9.17) is 5.73 Å². The molecule has 0 aliphatic rings. The van der Waals surface area contributed by atoms with Gasteiger partial charge in [0.15, 0.2) is 0 Å². The van der Waals surface area contributed by atoms with Gasteiger partial charge in [-0.1, -0.05) is 30.3 Å². The van der Waals surface area contributed by atoms with Crippen LogP contribution in [0.25, 0.3) is 0 Å². The summed E-state index contributed by atoms with van der Waals surface area (Å²) in [7, 11) is 1.94. The summed E-state index contributed by atoms with van der Waals surface area (Å²) in [6.07, 6.45) is 1.01. The van der Waals surface area contributed by atoms with Gasteiger partial charge in [0, 0.05) is 12.6 Å². The van der Waals surface area contributed by atoms with Gasteiger partial charge in [-0.2, -0.15) is 13.5 Å². The lowest BCUT2D eigenvalue weighted by Crippen LogP contribution is -2.35. The summed E-state index contributed by atoms with van der Waals surface area (Å²) in [4.78, 5) is 0. The van der Waals surface area contributed by atoms with E-state index in [0.717, 1.165) is 6.42 Å². The van der Waals surface area contributed by atoms with Crippen LogP contribution in [-0.2, 0) is 6.42 Å². The standard InChI is InChI=1S/C10H16N2.H2S/c1-12-10(8-11)7-9-5-3-2-4-6-9;/h2-6,10,12H,7-8,11H2,1H3;1H2/t10-;/m0./s1. The predicted molar refractivity (Wildman–Crippen MR) is 62.4 cm³/mol. The maximum absolute atomic E-state index is 5.57. The van der Waals surface area contributed by atoms with Crippen LogP contribution in [0, 0.1) is 0 Å². The summed E-state index contributed by atoms with van der Waals surface area (Å²) in [6.45, 7) is 0.686. The van der Waals surface area contributed by atoms with Crippen molar-refractivity contribution in [1.29, 1.82) is 0 Å². The molecule has 1 aromatic carbocycles. The van der Waals surface area contributed by atoms with E-state index in [-0.39, 0.29) is 13.5 Å². The molecular weight excluding hydrogens is 180 g/mol. The molecule has 1 atom stereocenters. The van der Waals surface area contributed by atoms with Gasteiger partial charge < -0.3 is 11.1 Å². The molecule has 0 aliphatic heterocycles. The molecule has 0 fully saturated rings. The van der Waals surface area contributed by atoms with Crippen LogP contribution in [0.3, 0.4) is 0 Å². The molecule has 13 heavy (non-hydrogen) atoms. The summed E-state index contributed by atoms with van der Waals surface area (Å²) in [5.41, 5.74) is 6.90. The maximum atomic E-state index is 5.57. The second-order valence-corrected chi connectivity index (χ2v) is 2.91. The highest BCUT2D eigenvalue weighted by atomic mass is 32.1. The molecule has 0 radical (unpaired) electrons. The molecule has 3 N–H and O–H groups in total. The van der Waals surface area contributed by atoms with Gasteiger partial charge in [0.2, 0.25) is 0 Å². The summed E-state index contributed by atoms with van der Waals surface area (Å²) in [5.74, 6) is 0. The average molecular weight is 198 g/mol. The van der Waals surface area contributed by atoms with Gasteiger partial charge in [-0.05, 0) is 19.0 Å². The Morgan fingerprint density at radius 1 is 1.31 bits per heavy atom. The second kappa shape index (κ2) is 6.95. The predicted octanol–water partition coefficient (Wildman–Crippen LogP) is 0.889. The fourth-order valence-electron chi connectivity index (χ4n) is 1.20. The smallest absolute Gasteiger partial charge is 0.0227 e. The third-order valence-corrected chi connectivity index (χ3v) is 2.02. The highest BCUT2D eigenvalue weighted by Crippen LogP contribution is 2.01. The van der Waals surface area contributed by atoms with Gasteiger partial charge in [0.1, 0.15) is 0 Å². The summed E-state index contributed by atoms with van der Waals surface area (Å²) in [6, 6.07) is 10.8. The van der Waals surface area contributed by atoms with E-state index >= 15 is 0 Å². The number of hydrogen-bond acceptors (Lipinski definition) is 2. The minimum absolute atomic E-state index is 0. The first-order chi connectivity index (χ1) is 5.86. The van der Waals surface area contributed by atoms with Gasteiger partial charge in [0.25, 0.3) is 0 Å². The van der Waals surface area contributed by atoms with Gasteiger partial charge in [-0.25, -0.2) is 0 Å². The van der Waals surface area contributed by atoms with Gasteiger partial charge in [-0.3, -0.25) is 0 Å². The van der Waals surface area contributed by atoms with Crippen LogP contribution in [-0.4, -0.2) is 19.6 Å². The highest BCUT2D eigenvalue weighted by Gasteiger charge is 2.02. The quantitative estimate of drug-likeness (QED) is 0.754. The van der Waals surface area contributed by atoms with Crippen LogP contribution in [0.1, 0.15) is 5.56 Å². The Labute approximate surface area is 87.0 Å². The number of nitrogens with one attached hydrogen (secondary N) is 1. The normalized spacial score (nSPS) is 11.8. The molecular formula is C10H18N2S. The molecule has 0 saturated heterocycles. The minimum atomic E-state index is 0. The van der Waals surface area contributed by atoms with E-state index in [9.17, 15) is 0 Å². The molecule has 3 heteroatoms. The van der Waals surface area contributed by atoms with E-state index < -0.39 is 0 Å². The zero-order valence-electron chi connectivity index (χ0n) is 7.96. The molecule has 0 bridgehead atoms. The fourth-order valence-corrected chi connectivity index (χ4v) is 1.20. The lowest BCUT2D eigenvalue weighted by Gasteiger charge is -2.12. The van der Waals surface area contributed by atoms with Crippen molar-refractivity contribution in [3.8, 4) is 0 Å². The molecule has 0 aliphatic carbocycles. The number of nitrogens with two attached hydrogens (primary N) is 1. The lowest BCUT2D eigenvalue weighted by molar-refractivity contribution is 0.569. The van der Waals surface area contributed by atoms with E-state index in [2.05, 4.69) is 29.6 Å².